The Balaban J connectivity index is 1.87. The number of halogens is 1. The predicted molar refractivity (Wildman–Crippen MR) is 85.2 cm³/mol. The molecule has 0 aliphatic heterocycles. The van der Waals surface area contributed by atoms with Crippen molar-refractivity contribution in [3.63, 3.8) is 0 Å². The number of sulfonamides is 1. The first kappa shape index (κ1) is 15.1. The molecule has 0 saturated heterocycles. The summed E-state index contributed by atoms with van der Waals surface area (Å²) in [5.41, 5.74) is 0.877. The van der Waals surface area contributed by atoms with Crippen LogP contribution in [-0.4, -0.2) is 24.3 Å². The molecule has 1 aliphatic rings. The summed E-state index contributed by atoms with van der Waals surface area (Å²) in [5, 5.41) is 1.95. The standard InChI is InChI=1S/C14H17ClN2O2S2/c1-16(9-13-3-2-6-20-13)21(18,19)14-7-12(8-15)17(10-14)11-4-5-11/h2-3,6-7,10-11H,4-5,8-9H2,1H3. The summed E-state index contributed by atoms with van der Waals surface area (Å²) in [6, 6.07) is 5.99. The van der Waals surface area contributed by atoms with Crippen molar-refractivity contribution in [1.29, 1.82) is 0 Å². The van der Waals surface area contributed by atoms with E-state index >= 15 is 0 Å². The zero-order valence-electron chi connectivity index (χ0n) is 11.7. The van der Waals surface area contributed by atoms with E-state index < -0.39 is 10.0 Å². The molecule has 0 aromatic carbocycles. The number of aromatic nitrogens is 1. The molecule has 2 aromatic heterocycles. The molecule has 1 fully saturated rings. The lowest BCUT2D eigenvalue weighted by atomic mass is 10.5. The third kappa shape index (κ3) is 3.04. The summed E-state index contributed by atoms with van der Waals surface area (Å²) >= 11 is 7.49. The molecule has 0 atom stereocenters. The van der Waals surface area contributed by atoms with Gasteiger partial charge in [0.2, 0.25) is 10.0 Å². The van der Waals surface area contributed by atoms with Gasteiger partial charge in [0, 0.05) is 36.4 Å². The van der Waals surface area contributed by atoms with Crippen LogP contribution in [0.2, 0.25) is 0 Å². The van der Waals surface area contributed by atoms with Gasteiger partial charge in [-0.05, 0) is 30.4 Å². The largest absolute Gasteiger partial charge is 0.346 e. The molecule has 2 aromatic rings. The van der Waals surface area contributed by atoms with Gasteiger partial charge in [-0.25, -0.2) is 8.42 Å². The number of alkyl halides is 1. The third-order valence-corrected chi connectivity index (χ3v) is 6.55. The van der Waals surface area contributed by atoms with Gasteiger partial charge in [-0.3, -0.25) is 0 Å². The van der Waals surface area contributed by atoms with Crippen molar-refractivity contribution in [2.45, 2.75) is 36.2 Å². The molecule has 114 valence electrons. The number of thiophene rings is 1. The Kier molecular flexibility index (Phi) is 4.14. The molecule has 7 heteroatoms. The van der Waals surface area contributed by atoms with Crippen LogP contribution in [0.4, 0.5) is 0 Å². The van der Waals surface area contributed by atoms with Gasteiger partial charge in [-0.1, -0.05) is 6.07 Å². The van der Waals surface area contributed by atoms with Gasteiger partial charge in [-0.2, -0.15) is 4.31 Å². The van der Waals surface area contributed by atoms with Gasteiger partial charge >= 0.3 is 0 Å². The Morgan fingerprint density at radius 3 is 2.81 bits per heavy atom. The quantitative estimate of drug-likeness (QED) is 0.753. The van der Waals surface area contributed by atoms with Crippen LogP contribution < -0.4 is 0 Å². The second-order valence-electron chi connectivity index (χ2n) is 5.28. The number of hydrogen-bond acceptors (Lipinski definition) is 3. The van der Waals surface area contributed by atoms with Crippen molar-refractivity contribution in [2.75, 3.05) is 7.05 Å². The fraction of sp³-hybridized carbons (Fsp3) is 0.429. The summed E-state index contributed by atoms with van der Waals surface area (Å²) in [5.74, 6) is 0.334. The van der Waals surface area contributed by atoms with Crippen molar-refractivity contribution >= 4 is 33.0 Å². The minimum Gasteiger partial charge on any atom is -0.346 e. The Morgan fingerprint density at radius 1 is 1.48 bits per heavy atom. The Hall–Kier alpha value is -0.820. The fourth-order valence-electron chi connectivity index (χ4n) is 2.32. The van der Waals surface area contributed by atoms with Crippen molar-refractivity contribution in [1.82, 2.24) is 8.87 Å². The Morgan fingerprint density at radius 2 is 2.24 bits per heavy atom. The summed E-state index contributed by atoms with van der Waals surface area (Å²) in [6.07, 6.45) is 3.93. The van der Waals surface area contributed by atoms with Crippen LogP contribution in [0.1, 0.15) is 29.5 Å². The lowest BCUT2D eigenvalue weighted by Crippen LogP contribution is -2.25. The number of hydrogen-bond donors (Lipinski definition) is 0. The Labute approximate surface area is 134 Å². The first-order valence-electron chi connectivity index (χ1n) is 6.78. The van der Waals surface area contributed by atoms with Crippen molar-refractivity contribution in [3.8, 4) is 0 Å². The van der Waals surface area contributed by atoms with E-state index in [4.69, 9.17) is 11.6 Å². The molecule has 1 aliphatic carbocycles. The van der Waals surface area contributed by atoms with Crippen LogP contribution in [0.3, 0.4) is 0 Å². The molecular weight excluding hydrogens is 328 g/mol. The van der Waals surface area contributed by atoms with E-state index in [1.807, 2.05) is 22.1 Å². The molecule has 1 saturated carbocycles. The van der Waals surface area contributed by atoms with E-state index in [0.717, 1.165) is 23.4 Å². The van der Waals surface area contributed by atoms with Gasteiger partial charge < -0.3 is 4.57 Å². The molecule has 0 spiro atoms. The van der Waals surface area contributed by atoms with Crippen molar-refractivity contribution in [3.05, 3.63) is 40.3 Å². The highest BCUT2D eigenvalue weighted by Crippen LogP contribution is 2.38. The van der Waals surface area contributed by atoms with Gasteiger partial charge in [0.15, 0.2) is 0 Å². The summed E-state index contributed by atoms with van der Waals surface area (Å²) in [4.78, 5) is 1.37. The molecule has 0 bridgehead atoms. The lowest BCUT2D eigenvalue weighted by Gasteiger charge is -2.15. The van der Waals surface area contributed by atoms with E-state index in [1.165, 1.54) is 4.31 Å². The van der Waals surface area contributed by atoms with E-state index in [-0.39, 0.29) is 0 Å². The van der Waals surface area contributed by atoms with Gasteiger partial charge in [0.1, 0.15) is 4.90 Å². The number of rotatable bonds is 6. The second-order valence-corrected chi connectivity index (χ2v) is 8.62. The summed E-state index contributed by atoms with van der Waals surface area (Å²) in [6.45, 7) is 0.394. The van der Waals surface area contributed by atoms with Crippen LogP contribution in [0, 0.1) is 0 Å². The van der Waals surface area contributed by atoms with Crippen LogP contribution in [-0.2, 0) is 22.4 Å². The molecule has 21 heavy (non-hydrogen) atoms. The summed E-state index contributed by atoms with van der Waals surface area (Å²) < 4.78 is 28.7. The van der Waals surface area contributed by atoms with Gasteiger partial charge in [0.05, 0.1) is 5.88 Å². The molecule has 3 rings (SSSR count). The maximum atomic E-state index is 12.7. The van der Waals surface area contributed by atoms with Crippen LogP contribution in [0.25, 0.3) is 0 Å². The fourth-order valence-corrected chi connectivity index (χ4v) is 4.58. The first-order valence-corrected chi connectivity index (χ1v) is 9.63. The van der Waals surface area contributed by atoms with Gasteiger partial charge in [-0.15, -0.1) is 22.9 Å². The van der Waals surface area contributed by atoms with Crippen LogP contribution in [0.15, 0.2) is 34.7 Å². The average molecular weight is 345 g/mol. The molecule has 0 N–H and O–H groups in total. The van der Waals surface area contributed by atoms with E-state index in [0.29, 0.717) is 23.4 Å². The maximum absolute atomic E-state index is 12.7. The van der Waals surface area contributed by atoms with Crippen LogP contribution in [0.5, 0.6) is 0 Å². The van der Waals surface area contributed by atoms with Crippen LogP contribution >= 0.6 is 22.9 Å². The van der Waals surface area contributed by atoms with E-state index in [1.54, 1.807) is 30.6 Å². The minimum atomic E-state index is -3.47. The monoisotopic (exact) mass is 344 g/mol. The highest BCUT2D eigenvalue weighted by Gasteiger charge is 2.29. The van der Waals surface area contributed by atoms with Gasteiger partial charge in [0.25, 0.3) is 0 Å². The molecule has 0 radical (unpaired) electrons. The highest BCUT2D eigenvalue weighted by atomic mass is 35.5. The zero-order valence-corrected chi connectivity index (χ0v) is 14.1. The van der Waals surface area contributed by atoms with Crippen molar-refractivity contribution < 1.29 is 8.42 Å². The second kappa shape index (κ2) is 5.76. The SMILES string of the molecule is CN(Cc1cccs1)S(=O)(=O)c1cc(CCl)n(C2CC2)c1. The number of nitrogens with zero attached hydrogens (tertiary/aromatic N) is 2. The average Bonchev–Trinajstić information content (AvgIpc) is 3.00. The summed E-state index contributed by atoms with van der Waals surface area (Å²) in [7, 11) is -1.86. The molecule has 2 heterocycles. The predicted octanol–water partition coefficient (Wildman–Crippen LogP) is 3.44. The highest BCUT2D eigenvalue weighted by molar-refractivity contribution is 7.89. The zero-order chi connectivity index (χ0) is 15.0. The maximum Gasteiger partial charge on any atom is 0.244 e. The molecular formula is C14H17ClN2O2S2. The smallest absolute Gasteiger partial charge is 0.244 e. The topological polar surface area (TPSA) is 42.3 Å². The first-order chi connectivity index (χ1) is 10.0. The van der Waals surface area contributed by atoms with Crippen molar-refractivity contribution in [2.24, 2.45) is 0 Å². The normalized spacial score (nSPS) is 15.8. The minimum absolute atomic E-state index is 0.334. The molecule has 0 unspecified atom stereocenters. The third-order valence-electron chi connectivity index (χ3n) is 3.65. The lowest BCUT2D eigenvalue weighted by molar-refractivity contribution is 0.469. The molecule has 0 amide bonds. The van der Waals surface area contributed by atoms with E-state index in [2.05, 4.69) is 0 Å². The van der Waals surface area contributed by atoms with E-state index in [9.17, 15) is 8.42 Å². The molecule has 4 nitrogen and oxygen atoms in total. The Bertz CT molecular complexity index is 718.